The Balaban J connectivity index is 1.44. The Kier molecular flexibility index (Phi) is 9.88. The van der Waals surface area contributed by atoms with Gasteiger partial charge in [-0.15, -0.1) is 0 Å². The Labute approximate surface area is 222 Å². The van der Waals surface area contributed by atoms with Crippen molar-refractivity contribution in [3.63, 3.8) is 0 Å². The van der Waals surface area contributed by atoms with Crippen molar-refractivity contribution >= 4 is 19.1 Å². The Bertz CT molecular complexity index is 853. The molecular formula is C27H45BN2O7. The van der Waals surface area contributed by atoms with Gasteiger partial charge in [0.25, 0.3) is 0 Å². The summed E-state index contributed by atoms with van der Waals surface area (Å²) >= 11 is 0. The molecular weight excluding hydrogens is 475 g/mol. The zero-order valence-electron chi connectivity index (χ0n) is 23.7. The first-order chi connectivity index (χ1) is 17.3. The topological polar surface area (TPSA) is 95.6 Å². The smallest absolute Gasteiger partial charge is 0.442 e. The van der Waals surface area contributed by atoms with Crippen LogP contribution in [0.3, 0.4) is 0 Å². The van der Waals surface area contributed by atoms with E-state index in [-0.39, 0.29) is 48.4 Å². The summed E-state index contributed by atoms with van der Waals surface area (Å²) in [5.41, 5.74) is 0.321. The van der Waals surface area contributed by atoms with Gasteiger partial charge in [0.15, 0.2) is 0 Å². The molecule has 3 aliphatic rings. The van der Waals surface area contributed by atoms with Crippen LogP contribution >= 0.6 is 0 Å². The summed E-state index contributed by atoms with van der Waals surface area (Å²) < 4.78 is 29.2. The summed E-state index contributed by atoms with van der Waals surface area (Å²) in [7, 11) is -0.351. The minimum atomic E-state index is -0.511. The molecule has 1 unspecified atom stereocenters. The van der Waals surface area contributed by atoms with Crippen LogP contribution in [-0.2, 0) is 28.3 Å². The minimum absolute atomic E-state index is 0.0516. The molecule has 9 nitrogen and oxygen atoms in total. The molecule has 0 aromatic heterocycles. The maximum Gasteiger partial charge on any atom is 0.489 e. The first-order valence-electron chi connectivity index (χ1n) is 13.5. The van der Waals surface area contributed by atoms with E-state index < -0.39 is 12.2 Å². The molecule has 3 saturated heterocycles. The molecule has 0 aliphatic carbocycles. The summed E-state index contributed by atoms with van der Waals surface area (Å²) in [6.45, 7) is 18.2. The van der Waals surface area contributed by atoms with E-state index >= 15 is 0 Å². The molecule has 3 aliphatic heterocycles. The summed E-state index contributed by atoms with van der Waals surface area (Å²) in [4.78, 5) is 26.3. The second kappa shape index (κ2) is 12.3. The Hall–Kier alpha value is -1.88. The van der Waals surface area contributed by atoms with Gasteiger partial charge >= 0.3 is 13.2 Å². The average Bonchev–Trinajstić information content (AvgIpc) is 3.06. The van der Waals surface area contributed by atoms with Crippen LogP contribution in [0.25, 0.3) is 0 Å². The molecule has 3 heterocycles. The van der Waals surface area contributed by atoms with Crippen LogP contribution in [-0.4, -0.2) is 85.9 Å². The highest BCUT2D eigenvalue weighted by Crippen LogP contribution is 2.38. The van der Waals surface area contributed by atoms with Gasteiger partial charge in [0.05, 0.1) is 42.7 Å². The summed E-state index contributed by atoms with van der Waals surface area (Å²) in [6, 6.07) is -0.0946. The molecule has 3 rings (SSSR count). The highest BCUT2D eigenvalue weighted by atomic mass is 16.7. The number of amides is 2. The van der Waals surface area contributed by atoms with Crippen molar-refractivity contribution in [2.24, 2.45) is 5.92 Å². The highest BCUT2D eigenvalue weighted by Gasteiger charge is 2.51. The quantitative estimate of drug-likeness (QED) is 0.404. The molecule has 208 valence electrons. The lowest BCUT2D eigenvalue weighted by atomic mass is 9.78. The Morgan fingerprint density at radius 2 is 1.76 bits per heavy atom. The predicted octanol–water partition coefficient (Wildman–Crippen LogP) is 3.67. The number of carbonyl (C=O) groups excluding carboxylic acids is 2. The minimum Gasteiger partial charge on any atom is -0.442 e. The fourth-order valence-corrected chi connectivity index (χ4v) is 4.61. The maximum absolute atomic E-state index is 12.5. The molecule has 0 aromatic carbocycles. The summed E-state index contributed by atoms with van der Waals surface area (Å²) in [5.74, 6) is 0.0399. The van der Waals surface area contributed by atoms with Gasteiger partial charge in [-0.3, -0.25) is 4.79 Å². The molecule has 10 heteroatoms. The van der Waals surface area contributed by atoms with E-state index in [1.807, 2.05) is 13.8 Å². The van der Waals surface area contributed by atoms with E-state index in [1.165, 1.54) is 6.08 Å². The Morgan fingerprint density at radius 3 is 2.38 bits per heavy atom. The van der Waals surface area contributed by atoms with E-state index in [0.29, 0.717) is 26.3 Å². The summed E-state index contributed by atoms with van der Waals surface area (Å²) in [5, 5.41) is 3.05. The lowest BCUT2D eigenvalue weighted by Crippen LogP contribution is -2.50. The molecule has 0 aromatic rings. The van der Waals surface area contributed by atoms with E-state index in [4.69, 9.17) is 23.5 Å². The molecule has 37 heavy (non-hydrogen) atoms. The third-order valence-corrected chi connectivity index (χ3v) is 7.92. The number of ether oxygens (including phenoxy) is 3. The van der Waals surface area contributed by atoms with Gasteiger partial charge in [-0.25, -0.2) is 4.79 Å². The molecule has 0 saturated carbocycles. The van der Waals surface area contributed by atoms with Crippen LogP contribution in [0.5, 0.6) is 0 Å². The number of rotatable bonds is 7. The van der Waals surface area contributed by atoms with Crippen molar-refractivity contribution in [3.8, 4) is 0 Å². The van der Waals surface area contributed by atoms with Crippen LogP contribution in [0.1, 0.15) is 68.2 Å². The summed E-state index contributed by atoms with van der Waals surface area (Å²) in [6.07, 6.45) is 5.77. The van der Waals surface area contributed by atoms with Gasteiger partial charge in [0.2, 0.25) is 5.91 Å². The third kappa shape index (κ3) is 7.82. The molecule has 3 fully saturated rings. The molecule has 0 spiro atoms. The maximum atomic E-state index is 12.5. The van der Waals surface area contributed by atoms with E-state index in [9.17, 15) is 9.59 Å². The van der Waals surface area contributed by atoms with Crippen molar-refractivity contribution in [1.29, 1.82) is 0 Å². The van der Waals surface area contributed by atoms with Crippen molar-refractivity contribution < 1.29 is 33.1 Å². The van der Waals surface area contributed by atoms with Crippen molar-refractivity contribution in [3.05, 3.63) is 23.7 Å². The molecule has 0 bridgehead atoms. The number of morpholine rings is 1. The number of allylic oxidation sites excluding steroid dienone is 1. The van der Waals surface area contributed by atoms with Gasteiger partial charge in [-0.05, 0) is 78.8 Å². The molecule has 0 radical (unpaired) electrons. The zero-order valence-corrected chi connectivity index (χ0v) is 23.7. The molecule has 5 atom stereocenters. The lowest BCUT2D eigenvalue weighted by Gasteiger charge is -2.39. The van der Waals surface area contributed by atoms with Crippen molar-refractivity contribution in [1.82, 2.24) is 10.2 Å². The monoisotopic (exact) mass is 520 g/mol. The second-order valence-corrected chi connectivity index (χ2v) is 11.5. The first kappa shape index (κ1) is 29.7. The number of hydrogen-bond acceptors (Lipinski definition) is 7. The SMILES string of the molecule is C/C(=C\C[C@@H]1O[C@H](C)[C@H](NC(=O)/C=C\C(C)OC(=O)N2CCOCC2)C[C@@H]1C)B1OC(C)(C)C(C)(C)O1. The number of carbonyl (C=O) groups is 2. The lowest BCUT2D eigenvalue weighted by molar-refractivity contribution is -0.123. The van der Waals surface area contributed by atoms with Gasteiger partial charge in [-0.1, -0.05) is 13.0 Å². The van der Waals surface area contributed by atoms with Gasteiger partial charge < -0.3 is 33.7 Å². The van der Waals surface area contributed by atoms with Gasteiger partial charge in [-0.2, -0.15) is 0 Å². The van der Waals surface area contributed by atoms with E-state index in [0.717, 1.165) is 18.3 Å². The van der Waals surface area contributed by atoms with Crippen molar-refractivity contribution in [2.45, 2.75) is 104 Å². The second-order valence-electron chi connectivity index (χ2n) is 11.5. The van der Waals surface area contributed by atoms with E-state index in [1.54, 1.807) is 17.9 Å². The van der Waals surface area contributed by atoms with Crippen molar-refractivity contribution in [2.75, 3.05) is 26.3 Å². The average molecular weight is 520 g/mol. The van der Waals surface area contributed by atoms with Gasteiger partial charge in [0, 0.05) is 19.2 Å². The van der Waals surface area contributed by atoms with E-state index in [2.05, 4.69) is 46.0 Å². The first-order valence-corrected chi connectivity index (χ1v) is 13.5. The van der Waals surface area contributed by atoms with Crippen LogP contribution in [0, 0.1) is 5.92 Å². The highest BCUT2D eigenvalue weighted by molar-refractivity contribution is 6.54. The fourth-order valence-electron chi connectivity index (χ4n) is 4.61. The number of nitrogens with one attached hydrogen (secondary N) is 1. The van der Waals surface area contributed by atoms with Crippen LogP contribution in [0.15, 0.2) is 23.7 Å². The Morgan fingerprint density at radius 1 is 1.14 bits per heavy atom. The van der Waals surface area contributed by atoms with Crippen LogP contribution in [0.4, 0.5) is 4.79 Å². The largest absolute Gasteiger partial charge is 0.489 e. The predicted molar refractivity (Wildman–Crippen MR) is 142 cm³/mol. The molecule has 2 amide bonds. The zero-order chi connectivity index (χ0) is 27.4. The number of nitrogens with zero attached hydrogens (tertiary/aromatic N) is 1. The van der Waals surface area contributed by atoms with Crippen LogP contribution < -0.4 is 5.32 Å². The normalized spacial score (nSPS) is 30.9. The number of hydrogen-bond donors (Lipinski definition) is 1. The van der Waals surface area contributed by atoms with Gasteiger partial charge in [0.1, 0.15) is 6.10 Å². The standard InChI is InChI=1S/C27H45BN2O7/c1-18-17-22(29-24(31)12-10-20(3)34-25(32)30-13-15-33-16-14-30)21(4)35-23(18)11-9-19(2)28-36-26(5,6)27(7,8)37-28/h9-10,12,18,20-23H,11,13-17H2,1-8H3,(H,29,31)/b12-10-,19-9+/t18-,20?,21+,22+,23-/m0/s1. The van der Waals surface area contributed by atoms with Crippen LogP contribution in [0.2, 0.25) is 0 Å². The molecule has 1 N–H and O–H groups in total. The fraction of sp³-hybridized carbons (Fsp3) is 0.778. The third-order valence-electron chi connectivity index (χ3n) is 7.92.